The number of benzene rings is 1. The van der Waals surface area contributed by atoms with Gasteiger partial charge in [-0.3, -0.25) is 14.5 Å². The third-order valence-electron chi connectivity index (χ3n) is 3.66. The van der Waals surface area contributed by atoms with Crippen molar-refractivity contribution in [2.45, 2.75) is 12.4 Å². The Kier molecular flexibility index (Phi) is 3.38. The van der Waals surface area contributed by atoms with Gasteiger partial charge in [-0.05, 0) is 30.3 Å². The van der Waals surface area contributed by atoms with Gasteiger partial charge in [-0.15, -0.1) is 21.8 Å². The van der Waals surface area contributed by atoms with Gasteiger partial charge in [0.25, 0.3) is 0 Å². The van der Waals surface area contributed by atoms with Gasteiger partial charge in [0.15, 0.2) is 11.6 Å². The Morgan fingerprint density at radius 2 is 2.09 bits per heavy atom. The number of aromatic nitrogens is 4. The number of rotatable bonds is 2. The van der Waals surface area contributed by atoms with Crippen molar-refractivity contribution in [3.8, 4) is 5.69 Å². The third kappa shape index (κ3) is 2.31. The van der Waals surface area contributed by atoms with Crippen LogP contribution in [-0.4, -0.2) is 25.5 Å². The highest BCUT2D eigenvalue weighted by Crippen LogP contribution is 2.26. The lowest BCUT2D eigenvalue weighted by Gasteiger charge is -2.12. The van der Waals surface area contributed by atoms with Crippen molar-refractivity contribution < 1.29 is 4.39 Å². The zero-order valence-electron chi connectivity index (χ0n) is 11.9. The average molecular weight is 328 g/mol. The number of pyridine rings is 1. The van der Waals surface area contributed by atoms with Gasteiger partial charge in [0.05, 0.1) is 23.0 Å². The Morgan fingerprint density at radius 3 is 2.87 bits per heavy atom. The molecular formula is C16H11ClFN5. The maximum absolute atomic E-state index is 13.9. The Bertz CT molecular complexity index is 904. The molecule has 114 valence electrons. The topological polar surface area (TPSA) is 56.0 Å². The molecule has 0 radical (unpaired) electrons. The number of halogens is 2. The van der Waals surface area contributed by atoms with Crippen LogP contribution in [0.2, 0.25) is 0 Å². The summed E-state index contributed by atoms with van der Waals surface area (Å²) in [6.07, 6.45) is 1.69. The van der Waals surface area contributed by atoms with Gasteiger partial charge in [0, 0.05) is 11.8 Å². The molecule has 0 unspecified atom stereocenters. The van der Waals surface area contributed by atoms with E-state index in [4.69, 9.17) is 11.6 Å². The van der Waals surface area contributed by atoms with Crippen LogP contribution in [0.3, 0.4) is 0 Å². The van der Waals surface area contributed by atoms with E-state index in [-0.39, 0.29) is 11.7 Å². The van der Waals surface area contributed by atoms with Gasteiger partial charge in [-0.2, -0.15) is 0 Å². The van der Waals surface area contributed by atoms with E-state index in [1.165, 1.54) is 12.1 Å². The summed E-state index contributed by atoms with van der Waals surface area (Å²) in [6, 6.07) is 10.1. The molecule has 23 heavy (non-hydrogen) atoms. The van der Waals surface area contributed by atoms with Crippen molar-refractivity contribution in [3.63, 3.8) is 0 Å². The van der Waals surface area contributed by atoms with Gasteiger partial charge in [0.1, 0.15) is 12.4 Å². The molecule has 1 aliphatic rings. The minimum Gasteiger partial charge on any atom is -0.280 e. The fourth-order valence-corrected chi connectivity index (χ4v) is 2.84. The van der Waals surface area contributed by atoms with Crippen LogP contribution in [0.5, 0.6) is 0 Å². The quantitative estimate of drug-likeness (QED) is 0.680. The summed E-state index contributed by atoms with van der Waals surface area (Å²) in [5.41, 5.74) is 2.72. The molecule has 5 nitrogen and oxygen atoms in total. The van der Waals surface area contributed by atoms with Gasteiger partial charge in [-0.25, -0.2) is 4.39 Å². The highest BCUT2D eigenvalue weighted by Gasteiger charge is 2.23. The molecule has 0 atom stereocenters. The minimum absolute atomic E-state index is 0.211. The van der Waals surface area contributed by atoms with Crippen molar-refractivity contribution in [1.29, 1.82) is 0 Å². The van der Waals surface area contributed by atoms with Gasteiger partial charge in [0.2, 0.25) is 0 Å². The molecule has 1 aliphatic heterocycles. The fourth-order valence-electron chi connectivity index (χ4n) is 2.67. The molecule has 0 bridgehead atoms. The van der Waals surface area contributed by atoms with Crippen LogP contribution in [0, 0.1) is 5.82 Å². The fraction of sp³-hybridized carbons (Fsp3) is 0.125. The standard InChI is InChI=1S/C16H11ClFN5/c17-8-14-21-22-15-9-20-16(12-3-1-2-6-19-12)11-7-10(18)4-5-13(11)23(14)15/h1-7H,8-9H2. The molecule has 7 heteroatoms. The molecule has 3 heterocycles. The van der Waals surface area contributed by atoms with Crippen molar-refractivity contribution in [1.82, 2.24) is 19.7 Å². The van der Waals surface area contributed by atoms with Crippen LogP contribution in [0.4, 0.5) is 4.39 Å². The molecule has 0 fully saturated rings. The van der Waals surface area contributed by atoms with E-state index in [0.29, 0.717) is 35.2 Å². The lowest BCUT2D eigenvalue weighted by molar-refractivity contribution is 0.627. The molecule has 0 spiro atoms. The van der Waals surface area contributed by atoms with Crippen LogP contribution < -0.4 is 0 Å². The summed E-state index contributed by atoms with van der Waals surface area (Å²) in [5.74, 6) is 1.14. The lowest BCUT2D eigenvalue weighted by Crippen LogP contribution is -2.10. The van der Waals surface area contributed by atoms with E-state index >= 15 is 0 Å². The van der Waals surface area contributed by atoms with E-state index in [1.54, 1.807) is 12.3 Å². The number of hydrogen-bond acceptors (Lipinski definition) is 4. The summed E-state index contributed by atoms with van der Waals surface area (Å²) in [6.45, 7) is 0.325. The second-order valence-electron chi connectivity index (χ2n) is 5.04. The molecule has 0 N–H and O–H groups in total. The molecule has 0 saturated heterocycles. The maximum Gasteiger partial charge on any atom is 0.159 e. The number of nitrogens with zero attached hydrogens (tertiary/aromatic N) is 5. The first kappa shape index (κ1) is 14.0. The van der Waals surface area contributed by atoms with E-state index in [9.17, 15) is 4.39 Å². The molecule has 0 aliphatic carbocycles. The predicted octanol–water partition coefficient (Wildman–Crippen LogP) is 2.89. The smallest absolute Gasteiger partial charge is 0.159 e. The third-order valence-corrected chi connectivity index (χ3v) is 3.90. The first-order chi connectivity index (χ1) is 11.3. The largest absolute Gasteiger partial charge is 0.280 e. The van der Waals surface area contributed by atoms with E-state index in [2.05, 4.69) is 20.2 Å². The van der Waals surface area contributed by atoms with Crippen LogP contribution in [0.15, 0.2) is 47.6 Å². The van der Waals surface area contributed by atoms with Gasteiger partial charge in [-0.1, -0.05) is 6.07 Å². The van der Waals surface area contributed by atoms with Crippen LogP contribution in [0.25, 0.3) is 5.69 Å². The number of hydrogen-bond donors (Lipinski definition) is 0. The second kappa shape index (κ2) is 5.55. The minimum atomic E-state index is -0.337. The summed E-state index contributed by atoms with van der Waals surface area (Å²) in [4.78, 5) is 8.92. The first-order valence-electron chi connectivity index (χ1n) is 7.03. The van der Waals surface area contributed by atoms with Crippen LogP contribution >= 0.6 is 11.6 Å². The van der Waals surface area contributed by atoms with E-state index in [0.717, 1.165) is 5.69 Å². The lowest BCUT2D eigenvalue weighted by atomic mass is 10.0. The Labute approximate surface area is 136 Å². The predicted molar refractivity (Wildman–Crippen MR) is 84.5 cm³/mol. The van der Waals surface area contributed by atoms with Gasteiger partial charge < -0.3 is 0 Å². The monoisotopic (exact) mass is 327 g/mol. The van der Waals surface area contributed by atoms with Crippen molar-refractivity contribution in [2.75, 3.05) is 0 Å². The Hall–Kier alpha value is -2.60. The zero-order chi connectivity index (χ0) is 15.8. The molecular weight excluding hydrogens is 317 g/mol. The molecule has 4 rings (SSSR count). The normalized spacial score (nSPS) is 13.0. The highest BCUT2D eigenvalue weighted by atomic mass is 35.5. The average Bonchev–Trinajstić information content (AvgIpc) is 2.92. The molecule has 1 aromatic carbocycles. The molecule has 2 aromatic heterocycles. The van der Waals surface area contributed by atoms with Crippen molar-refractivity contribution >= 4 is 17.3 Å². The van der Waals surface area contributed by atoms with Crippen molar-refractivity contribution in [3.05, 3.63) is 71.3 Å². The number of aliphatic imine (C=N–C) groups is 1. The number of fused-ring (bicyclic) bond motifs is 3. The number of alkyl halides is 1. The summed E-state index contributed by atoms with van der Waals surface area (Å²) in [7, 11) is 0. The Morgan fingerprint density at radius 1 is 1.17 bits per heavy atom. The van der Waals surface area contributed by atoms with E-state index < -0.39 is 0 Å². The highest BCUT2D eigenvalue weighted by molar-refractivity contribution is 6.17. The van der Waals surface area contributed by atoms with Crippen LogP contribution in [0.1, 0.15) is 22.9 Å². The zero-order valence-corrected chi connectivity index (χ0v) is 12.7. The Balaban J connectivity index is 2.00. The summed E-state index contributed by atoms with van der Waals surface area (Å²) >= 11 is 5.96. The second-order valence-corrected chi connectivity index (χ2v) is 5.31. The molecule has 3 aromatic rings. The first-order valence-corrected chi connectivity index (χ1v) is 7.56. The van der Waals surface area contributed by atoms with Gasteiger partial charge >= 0.3 is 0 Å². The van der Waals surface area contributed by atoms with E-state index in [1.807, 2.05) is 22.8 Å². The van der Waals surface area contributed by atoms with Crippen LogP contribution in [-0.2, 0) is 12.4 Å². The molecule has 0 amide bonds. The maximum atomic E-state index is 13.9. The molecule has 0 saturated carbocycles. The summed E-state index contributed by atoms with van der Waals surface area (Å²) < 4.78 is 15.7. The summed E-state index contributed by atoms with van der Waals surface area (Å²) in [5, 5.41) is 8.22. The SMILES string of the molecule is Fc1ccc2c(c1)C(c1ccccn1)=NCc1nnc(CCl)n1-2. The van der Waals surface area contributed by atoms with Crippen molar-refractivity contribution in [2.24, 2.45) is 4.99 Å².